The van der Waals surface area contributed by atoms with E-state index in [1.165, 1.54) is 6.33 Å². The third-order valence-corrected chi connectivity index (χ3v) is 2.88. The van der Waals surface area contributed by atoms with Gasteiger partial charge in [-0.05, 0) is 19.1 Å². The molecule has 0 aliphatic heterocycles. The standard InChI is InChI=1S/C14H19N5O2/c1-2-15-14-5-12(17-9-18-14)10-3-4-13(16-6-10)19-11(7-20)8-21/h3-6,9,11,20-21H,2,7-8H2,1H3,(H,16,19)(H,15,17,18). The number of hydrogen-bond donors (Lipinski definition) is 4. The molecule has 0 amide bonds. The maximum Gasteiger partial charge on any atom is 0.129 e. The number of hydrogen-bond acceptors (Lipinski definition) is 7. The van der Waals surface area contributed by atoms with E-state index in [-0.39, 0.29) is 13.2 Å². The molecule has 2 aromatic rings. The first-order chi connectivity index (χ1) is 10.3. The Morgan fingerprint density at radius 1 is 1.10 bits per heavy atom. The molecule has 21 heavy (non-hydrogen) atoms. The summed E-state index contributed by atoms with van der Waals surface area (Å²) in [7, 11) is 0. The third-order valence-electron chi connectivity index (χ3n) is 2.88. The Balaban J connectivity index is 2.13. The minimum atomic E-state index is -0.414. The fraction of sp³-hybridized carbons (Fsp3) is 0.357. The Labute approximate surface area is 123 Å². The highest BCUT2D eigenvalue weighted by atomic mass is 16.3. The van der Waals surface area contributed by atoms with Gasteiger partial charge >= 0.3 is 0 Å². The minimum absolute atomic E-state index is 0.155. The lowest BCUT2D eigenvalue weighted by Crippen LogP contribution is -2.28. The molecule has 112 valence electrons. The molecule has 0 bridgehead atoms. The van der Waals surface area contributed by atoms with Gasteiger partial charge in [0.2, 0.25) is 0 Å². The summed E-state index contributed by atoms with van der Waals surface area (Å²) in [5.74, 6) is 1.36. The average Bonchev–Trinajstić information content (AvgIpc) is 2.54. The second-order valence-corrected chi connectivity index (χ2v) is 4.46. The molecule has 0 unspecified atom stereocenters. The zero-order chi connectivity index (χ0) is 15.1. The van der Waals surface area contributed by atoms with Crippen LogP contribution in [0.3, 0.4) is 0 Å². The Kier molecular flexibility index (Phi) is 5.42. The predicted octanol–water partition coefficient (Wildman–Crippen LogP) is 0.735. The first-order valence-electron chi connectivity index (χ1n) is 6.77. The monoisotopic (exact) mass is 289 g/mol. The predicted molar refractivity (Wildman–Crippen MR) is 81.0 cm³/mol. The Morgan fingerprint density at radius 2 is 1.90 bits per heavy atom. The van der Waals surface area contributed by atoms with Gasteiger partial charge in [-0.3, -0.25) is 0 Å². The van der Waals surface area contributed by atoms with Crippen molar-refractivity contribution in [1.29, 1.82) is 0 Å². The van der Waals surface area contributed by atoms with Gasteiger partial charge in [-0.15, -0.1) is 0 Å². The van der Waals surface area contributed by atoms with E-state index >= 15 is 0 Å². The van der Waals surface area contributed by atoms with Crippen LogP contribution in [0.2, 0.25) is 0 Å². The molecular weight excluding hydrogens is 270 g/mol. The molecule has 7 heteroatoms. The van der Waals surface area contributed by atoms with Crippen molar-refractivity contribution in [2.75, 3.05) is 30.4 Å². The molecule has 0 aliphatic rings. The summed E-state index contributed by atoms with van der Waals surface area (Å²) in [5, 5.41) is 24.1. The molecule has 2 aromatic heterocycles. The smallest absolute Gasteiger partial charge is 0.129 e. The van der Waals surface area contributed by atoms with Crippen LogP contribution in [0.1, 0.15) is 6.92 Å². The number of pyridine rings is 1. The summed E-state index contributed by atoms with van der Waals surface area (Å²) in [6.45, 7) is 2.49. The third kappa shape index (κ3) is 4.11. The number of nitrogens with zero attached hydrogens (tertiary/aromatic N) is 3. The van der Waals surface area contributed by atoms with Crippen molar-refractivity contribution in [3.05, 3.63) is 30.7 Å². The van der Waals surface area contributed by atoms with Crippen molar-refractivity contribution in [3.8, 4) is 11.3 Å². The summed E-state index contributed by atoms with van der Waals surface area (Å²) < 4.78 is 0. The number of aliphatic hydroxyl groups excluding tert-OH is 2. The van der Waals surface area contributed by atoms with Gasteiger partial charge in [-0.2, -0.15) is 0 Å². The lowest BCUT2D eigenvalue weighted by Gasteiger charge is -2.14. The maximum atomic E-state index is 9.03. The summed E-state index contributed by atoms with van der Waals surface area (Å²) in [6.07, 6.45) is 3.19. The van der Waals surface area contributed by atoms with Gasteiger partial charge in [0, 0.05) is 24.4 Å². The van der Waals surface area contributed by atoms with E-state index < -0.39 is 6.04 Å². The molecule has 0 aromatic carbocycles. The normalized spacial score (nSPS) is 10.7. The van der Waals surface area contributed by atoms with Crippen molar-refractivity contribution in [1.82, 2.24) is 15.0 Å². The van der Waals surface area contributed by atoms with Gasteiger partial charge in [0.05, 0.1) is 24.9 Å². The molecular formula is C14H19N5O2. The fourth-order valence-electron chi connectivity index (χ4n) is 1.78. The Bertz CT molecular complexity index is 558. The SMILES string of the molecule is CCNc1cc(-c2ccc(NC(CO)CO)nc2)ncn1. The fourth-order valence-corrected chi connectivity index (χ4v) is 1.78. The van der Waals surface area contributed by atoms with Crippen molar-refractivity contribution in [2.24, 2.45) is 0 Å². The van der Waals surface area contributed by atoms with Crippen molar-refractivity contribution in [3.63, 3.8) is 0 Å². The first-order valence-corrected chi connectivity index (χ1v) is 6.77. The van der Waals surface area contributed by atoms with Gasteiger partial charge in [-0.1, -0.05) is 0 Å². The number of anilines is 2. The summed E-state index contributed by atoms with van der Waals surface area (Å²) in [4.78, 5) is 12.6. The van der Waals surface area contributed by atoms with Crippen molar-refractivity contribution >= 4 is 11.6 Å². The van der Waals surface area contributed by atoms with E-state index in [0.29, 0.717) is 5.82 Å². The van der Waals surface area contributed by atoms with E-state index in [1.54, 1.807) is 12.3 Å². The van der Waals surface area contributed by atoms with Gasteiger partial charge in [0.25, 0.3) is 0 Å². The zero-order valence-electron chi connectivity index (χ0n) is 11.8. The second-order valence-electron chi connectivity index (χ2n) is 4.46. The molecule has 0 aliphatic carbocycles. The molecule has 7 nitrogen and oxygen atoms in total. The average molecular weight is 289 g/mol. The van der Waals surface area contributed by atoms with Gasteiger partial charge < -0.3 is 20.8 Å². The topological polar surface area (TPSA) is 103 Å². The number of rotatable bonds is 7. The van der Waals surface area contributed by atoms with Crippen molar-refractivity contribution < 1.29 is 10.2 Å². The van der Waals surface area contributed by atoms with Crippen LogP contribution in [0.4, 0.5) is 11.6 Å². The maximum absolute atomic E-state index is 9.03. The highest BCUT2D eigenvalue weighted by Gasteiger charge is 2.07. The molecule has 0 saturated carbocycles. The molecule has 0 radical (unpaired) electrons. The van der Waals surface area contributed by atoms with E-state index in [4.69, 9.17) is 10.2 Å². The van der Waals surface area contributed by atoms with Crippen LogP contribution in [-0.4, -0.2) is 51.0 Å². The van der Waals surface area contributed by atoms with Crippen LogP contribution >= 0.6 is 0 Å². The molecule has 0 spiro atoms. The highest BCUT2D eigenvalue weighted by molar-refractivity contribution is 5.62. The van der Waals surface area contributed by atoms with E-state index in [0.717, 1.165) is 23.6 Å². The van der Waals surface area contributed by atoms with E-state index in [2.05, 4.69) is 25.6 Å². The number of aliphatic hydroxyl groups is 2. The lowest BCUT2D eigenvalue weighted by atomic mass is 10.2. The Morgan fingerprint density at radius 3 is 2.52 bits per heavy atom. The van der Waals surface area contributed by atoms with Crippen molar-refractivity contribution in [2.45, 2.75) is 13.0 Å². The van der Waals surface area contributed by atoms with E-state index in [1.807, 2.05) is 19.1 Å². The zero-order valence-corrected chi connectivity index (χ0v) is 11.8. The summed E-state index contributed by atoms with van der Waals surface area (Å²) in [5.41, 5.74) is 1.65. The van der Waals surface area contributed by atoms with Crippen LogP contribution in [0.25, 0.3) is 11.3 Å². The van der Waals surface area contributed by atoms with Gasteiger partial charge in [0.15, 0.2) is 0 Å². The number of aromatic nitrogens is 3. The van der Waals surface area contributed by atoms with Gasteiger partial charge in [-0.25, -0.2) is 15.0 Å². The molecule has 0 saturated heterocycles. The van der Waals surface area contributed by atoms with Crippen LogP contribution in [0.15, 0.2) is 30.7 Å². The first kappa shape index (κ1) is 15.1. The largest absolute Gasteiger partial charge is 0.394 e. The lowest BCUT2D eigenvalue weighted by molar-refractivity contribution is 0.203. The molecule has 0 fully saturated rings. The van der Waals surface area contributed by atoms with Crippen LogP contribution in [-0.2, 0) is 0 Å². The van der Waals surface area contributed by atoms with Crippen LogP contribution < -0.4 is 10.6 Å². The highest BCUT2D eigenvalue weighted by Crippen LogP contribution is 2.19. The van der Waals surface area contributed by atoms with Crippen LogP contribution in [0, 0.1) is 0 Å². The van der Waals surface area contributed by atoms with Gasteiger partial charge in [0.1, 0.15) is 18.0 Å². The number of nitrogens with one attached hydrogen (secondary N) is 2. The molecule has 4 N–H and O–H groups in total. The molecule has 2 heterocycles. The molecule has 0 atom stereocenters. The Hall–Kier alpha value is -2.25. The quantitative estimate of drug-likeness (QED) is 0.596. The van der Waals surface area contributed by atoms with E-state index in [9.17, 15) is 0 Å². The van der Waals surface area contributed by atoms with Crippen LogP contribution in [0.5, 0.6) is 0 Å². The molecule has 2 rings (SSSR count). The minimum Gasteiger partial charge on any atom is -0.394 e. The second kappa shape index (κ2) is 7.51. The summed E-state index contributed by atoms with van der Waals surface area (Å²) in [6, 6.07) is 5.10. The summed E-state index contributed by atoms with van der Waals surface area (Å²) >= 11 is 0.